The molecule has 7 heteroatoms. The normalized spacial score (nSPS) is 12.6. The van der Waals surface area contributed by atoms with Crippen molar-refractivity contribution in [3.8, 4) is 0 Å². The Bertz CT molecular complexity index is 620. The molecular weight excluding hydrogens is 300 g/mol. The van der Waals surface area contributed by atoms with Gasteiger partial charge in [-0.15, -0.1) is 10.2 Å². The van der Waals surface area contributed by atoms with Crippen LogP contribution in [0.15, 0.2) is 28.0 Å². The van der Waals surface area contributed by atoms with Gasteiger partial charge in [0.25, 0.3) is 0 Å². The number of amides is 1. The Labute approximate surface area is 134 Å². The lowest BCUT2D eigenvalue weighted by atomic mass is 10.2. The van der Waals surface area contributed by atoms with Crippen molar-refractivity contribution >= 4 is 17.7 Å². The lowest BCUT2D eigenvalue weighted by molar-refractivity contribution is -0.127. The zero-order chi connectivity index (χ0) is 16.3. The van der Waals surface area contributed by atoms with E-state index in [2.05, 4.69) is 24.0 Å². The molecule has 0 bridgehead atoms. The van der Waals surface area contributed by atoms with Gasteiger partial charge in [0.15, 0.2) is 5.16 Å². The van der Waals surface area contributed by atoms with E-state index < -0.39 is 0 Å². The van der Waals surface area contributed by atoms with Crippen LogP contribution in [-0.4, -0.2) is 44.9 Å². The maximum Gasteiger partial charge on any atom is 0.235 e. The molecule has 0 N–H and O–H groups in total. The molecule has 2 aromatic rings. The molecule has 0 saturated carbocycles. The van der Waals surface area contributed by atoms with Crippen LogP contribution in [-0.2, 0) is 11.3 Å². The quantitative estimate of drug-likeness (QED) is 0.765. The van der Waals surface area contributed by atoms with Gasteiger partial charge in [-0.1, -0.05) is 25.6 Å². The molecule has 0 spiro atoms. The minimum atomic E-state index is -0.213. The minimum Gasteiger partial charge on any atom is -0.467 e. The molecule has 0 unspecified atom stereocenters. The van der Waals surface area contributed by atoms with Crippen molar-refractivity contribution in [2.24, 2.45) is 0 Å². The number of aromatic nitrogens is 3. The summed E-state index contributed by atoms with van der Waals surface area (Å²) < 4.78 is 7.45. The molecule has 0 aliphatic carbocycles. The third kappa shape index (κ3) is 3.71. The molecular formula is C15H22N4O2S. The highest BCUT2D eigenvalue weighted by atomic mass is 32.2. The number of carbonyl (C=O) groups excluding carboxylic acids is 1. The van der Waals surface area contributed by atoms with E-state index in [1.54, 1.807) is 25.3 Å². The third-order valence-electron chi connectivity index (χ3n) is 3.23. The average Bonchev–Trinajstić information content (AvgIpc) is 3.09. The van der Waals surface area contributed by atoms with Crippen molar-refractivity contribution in [2.45, 2.75) is 43.6 Å². The zero-order valence-electron chi connectivity index (χ0n) is 13.6. The lowest BCUT2D eigenvalue weighted by Gasteiger charge is -2.17. The molecule has 2 aromatic heterocycles. The summed E-state index contributed by atoms with van der Waals surface area (Å²) in [6.07, 6.45) is 1.65. The van der Waals surface area contributed by atoms with Crippen LogP contribution in [0.1, 0.15) is 38.3 Å². The average molecular weight is 322 g/mol. The van der Waals surface area contributed by atoms with E-state index in [1.807, 2.05) is 23.6 Å². The molecule has 2 rings (SSSR count). The first-order chi connectivity index (χ1) is 10.4. The number of hydrogen-bond acceptors (Lipinski definition) is 5. The van der Waals surface area contributed by atoms with Crippen LogP contribution in [0.25, 0.3) is 0 Å². The Morgan fingerprint density at radius 1 is 1.36 bits per heavy atom. The van der Waals surface area contributed by atoms with Crippen LogP contribution in [0.2, 0.25) is 0 Å². The summed E-state index contributed by atoms with van der Waals surface area (Å²) in [6.45, 7) is 6.60. The first-order valence-electron chi connectivity index (χ1n) is 7.23. The number of hydrogen-bond donors (Lipinski definition) is 0. The first-order valence-corrected chi connectivity index (χ1v) is 8.11. The van der Waals surface area contributed by atoms with Crippen LogP contribution in [0.4, 0.5) is 0 Å². The van der Waals surface area contributed by atoms with Gasteiger partial charge in [0.05, 0.1) is 18.1 Å². The van der Waals surface area contributed by atoms with Gasteiger partial charge < -0.3 is 9.32 Å². The second-order valence-corrected chi connectivity index (χ2v) is 6.96. The topological polar surface area (TPSA) is 64.2 Å². The highest BCUT2D eigenvalue weighted by molar-refractivity contribution is 8.00. The smallest absolute Gasteiger partial charge is 0.235 e. The van der Waals surface area contributed by atoms with Gasteiger partial charge >= 0.3 is 0 Å². The maximum absolute atomic E-state index is 12.0. The molecule has 0 aliphatic rings. The van der Waals surface area contributed by atoms with Gasteiger partial charge in [0.2, 0.25) is 5.91 Å². The summed E-state index contributed by atoms with van der Waals surface area (Å²) in [5.41, 5.74) is 0. The standard InChI is InChI=1S/C15H22N4O2S/c1-10(2)13-16-17-15(22-11(3)14(20)18(4)5)19(13)9-12-7-6-8-21-12/h6-8,10-11H,9H2,1-5H3/t11-/m0/s1. The van der Waals surface area contributed by atoms with E-state index in [4.69, 9.17) is 4.42 Å². The molecule has 1 amide bonds. The van der Waals surface area contributed by atoms with E-state index >= 15 is 0 Å². The second kappa shape index (κ2) is 7.00. The summed E-state index contributed by atoms with van der Waals surface area (Å²) in [5.74, 6) is 2.04. The third-order valence-corrected chi connectivity index (χ3v) is 4.29. The van der Waals surface area contributed by atoms with Crippen molar-refractivity contribution < 1.29 is 9.21 Å². The van der Waals surface area contributed by atoms with Crippen molar-refractivity contribution in [1.82, 2.24) is 19.7 Å². The molecule has 6 nitrogen and oxygen atoms in total. The summed E-state index contributed by atoms with van der Waals surface area (Å²) >= 11 is 1.42. The van der Waals surface area contributed by atoms with Crippen molar-refractivity contribution in [3.63, 3.8) is 0 Å². The van der Waals surface area contributed by atoms with Gasteiger partial charge in [-0.05, 0) is 19.1 Å². The van der Waals surface area contributed by atoms with Gasteiger partial charge in [-0.2, -0.15) is 0 Å². The number of thioether (sulfide) groups is 1. The van der Waals surface area contributed by atoms with Crippen LogP contribution >= 0.6 is 11.8 Å². The van der Waals surface area contributed by atoms with Gasteiger partial charge in [-0.25, -0.2) is 0 Å². The highest BCUT2D eigenvalue weighted by Gasteiger charge is 2.22. The van der Waals surface area contributed by atoms with E-state index in [-0.39, 0.29) is 17.1 Å². The molecule has 0 radical (unpaired) electrons. The van der Waals surface area contributed by atoms with Crippen LogP contribution in [0.5, 0.6) is 0 Å². The summed E-state index contributed by atoms with van der Waals surface area (Å²) in [5, 5.41) is 9.07. The number of carbonyl (C=O) groups is 1. The van der Waals surface area contributed by atoms with Gasteiger partial charge in [-0.3, -0.25) is 9.36 Å². The number of furan rings is 1. The second-order valence-electron chi connectivity index (χ2n) is 5.65. The monoisotopic (exact) mass is 322 g/mol. The van der Waals surface area contributed by atoms with E-state index in [1.165, 1.54) is 11.8 Å². The summed E-state index contributed by atoms with van der Waals surface area (Å²) in [4.78, 5) is 13.6. The molecule has 120 valence electrons. The zero-order valence-corrected chi connectivity index (χ0v) is 14.4. The largest absolute Gasteiger partial charge is 0.467 e. The van der Waals surface area contributed by atoms with Crippen LogP contribution in [0, 0.1) is 0 Å². The fourth-order valence-electron chi connectivity index (χ4n) is 2.09. The highest BCUT2D eigenvalue weighted by Crippen LogP contribution is 2.26. The SMILES string of the molecule is CC(C)c1nnc(S[C@@H](C)C(=O)N(C)C)n1Cc1ccco1. The first kappa shape index (κ1) is 16.6. The Hall–Kier alpha value is -1.76. The fourth-order valence-corrected chi connectivity index (χ4v) is 3.09. The lowest BCUT2D eigenvalue weighted by Crippen LogP contribution is -2.29. The Kier molecular flexibility index (Phi) is 5.28. The summed E-state index contributed by atoms with van der Waals surface area (Å²) in [6, 6.07) is 3.78. The van der Waals surface area contributed by atoms with E-state index in [9.17, 15) is 4.79 Å². The van der Waals surface area contributed by atoms with Crippen molar-refractivity contribution in [3.05, 3.63) is 30.0 Å². The minimum absolute atomic E-state index is 0.0589. The molecule has 0 fully saturated rings. The Balaban J connectivity index is 2.25. The van der Waals surface area contributed by atoms with Crippen molar-refractivity contribution in [1.29, 1.82) is 0 Å². The predicted molar refractivity (Wildman–Crippen MR) is 85.9 cm³/mol. The van der Waals surface area contributed by atoms with Crippen LogP contribution < -0.4 is 0 Å². The Morgan fingerprint density at radius 2 is 2.09 bits per heavy atom. The van der Waals surface area contributed by atoms with Crippen LogP contribution in [0.3, 0.4) is 0 Å². The number of rotatable bonds is 6. The summed E-state index contributed by atoms with van der Waals surface area (Å²) in [7, 11) is 3.51. The molecule has 0 aromatic carbocycles. The molecule has 22 heavy (non-hydrogen) atoms. The van der Waals surface area contributed by atoms with Crippen molar-refractivity contribution in [2.75, 3.05) is 14.1 Å². The molecule has 2 heterocycles. The fraction of sp³-hybridized carbons (Fsp3) is 0.533. The maximum atomic E-state index is 12.0. The molecule has 1 atom stereocenters. The van der Waals surface area contributed by atoms with E-state index in [0.717, 1.165) is 16.7 Å². The molecule has 0 aliphatic heterocycles. The molecule has 0 saturated heterocycles. The van der Waals surface area contributed by atoms with Gasteiger partial charge in [0.1, 0.15) is 11.6 Å². The van der Waals surface area contributed by atoms with Gasteiger partial charge in [0, 0.05) is 20.0 Å². The Morgan fingerprint density at radius 3 is 2.64 bits per heavy atom. The van der Waals surface area contributed by atoms with E-state index in [0.29, 0.717) is 6.54 Å². The predicted octanol–water partition coefficient (Wildman–Crippen LogP) is 2.61. The number of nitrogens with zero attached hydrogens (tertiary/aromatic N) is 4.